The van der Waals surface area contributed by atoms with Crippen molar-refractivity contribution < 1.29 is 19.1 Å². The van der Waals surface area contributed by atoms with Gasteiger partial charge >= 0.3 is 11.8 Å². The van der Waals surface area contributed by atoms with Crippen molar-refractivity contribution in [3.63, 3.8) is 0 Å². The Morgan fingerprint density at radius 3 is 2.45 bits per heavy atom. The number of benzene rings is 2. The molecule has 0 saturated heterocycles. The minimum atomic E-state index is -0.854. The van der Waals surface area contributed by atoms with E-state index in [1.807, 2.05) is 33.8 Å². The number of aryl methyl sites for hydroxylation is 2. The van der Waals surface area contributed by atoms with Crippen molar-refractivity contribution in [2.75, 3.05) is 18.5 Å². The smallest absolute Gasteiger partial charge is 0.329 e. The average Bonchev–Trinajstić information content (AvgIpc) is 2.70. The molecule has 0 aromatic heterocycles. The van der Waals surface area contributed by atoms with Crippen LogP contribution in [-0.4, -0.2) is 31.2 Å². The van der Waals surface area contributed by atoms with E-state index in [0.29, 0.717) is 36.0 Å². The van der Waals surface area contributed by atoms with Crippen molar-refractivity contribution in [1.29, 1.82) is 0 Å². The zero-order valence-electron chi connectivity index (χ0n) is 17.2. The molecule has 154 valence electrons. The Hall–Kier alpha value is -3.35. The van der Waals surface area contributed by atoms with Crippen molar-refractivity contribution in [3.05, 3.63) is 53.1 Å². The first-order valence-electron chi connectivity index (χ1n) is 9.55. The fourth-order valence-corrected chi connectivity index (χ4v) is 2.43. The number of carbonyl (C=O) groups is 2. The molecule has 0 aliphatic carbocycles. The second-order valence-corrected chi connectivity index (χ2v) is 6.44. The number of nitrogens with one attached hydrogen (secondary N) is 2. The fourth-order valence-electron chi connectivity index (χ4n) is 2.43. The monoisotopic (exact) mass is 397 g/mol. The van der Waals surface area contributed by atoms with Crippen LogP contribution in [0.1, 0.15) is 37.0 Å². The summed E-state index contributed by atoms with van der Waals surface area (Å²) in [5, 5.41) is 6.40. The Kier molecular flexibility index (Phi) is 8.21. The number of carbonyl (C=O) groups excluding carboxylic acids is 2. The predicted octanol–water partition coefficient (Wildman–Crippen LogP) is 3.58. The van der Waals surface area contributed by atoms with E-state index in [1.165, 1.54) is 6.21 Å². The van der Waals surface area contributed by atoms with Crippen LogP contribution >= 0.6 is 0 Å². The lowest BCUT2D eigenvalue weighted by Crippen LogP contribution is -2.32. The third kappa shape index (κ3) is 6.64. The molecular weight excluding hydrogens is 370 g/mol. The lowest BCUT2D eigenvalue weighted by Gasteiger charge is -2.11. The van der Waals surface area contributed by atoms with Gasteiger partial charge in [-0.05, 0) is 74.2 Å². The molecule has 0 saturated carbocycles. The molecule has 0 heterocycles. The van der Waals surface area contributed by atoms with Crippen LogP contribution in [0, 0.1) is 13.8 Å². The maximum Gasteiger partial charge on any atom is 0.329 e. The molecule has 0 spiro atoms. The van der Waals surface area contributed by atoms with Gasteiger partial charge in [-0.1, -0.05) is 13.0 Å². The highest BCUT2D eigenvalue weighted by molar-refractivity contribution is 6.39. The maximum absolute atomic E-state index is 12.0. The van der Waals surface area contributed by atoms with Crippen molar-refractivity contribution in [3.8, 4) is 11.5 Å². The largest absolute Gasteiger partial charge is 0.490 e. The molecule has 7 heteroatoms. The Morgan fingerprint density at radius 1 is 0.966 bits per heavy atom. The SMILES string of the molecule is CCCOc1ccc(/C=N\NC(=O)C(=O)Nc2ccc(C)c(C)c2)cc1OCC. The molecule has 0 radical (unpaired) electrons. The number of anilines is 1. The Labute approximate surface area is 171 Å². The van der Waals surface area contributed by atoms with Gasteiger partial charge in [0.1, 0.15) is 0 Å². The van der Waals surface area contributed by atoms with Crippen LogP contribution in [0.25, 0.3) is 0 Å². The number of hydrogen-bond donors (Lipinski definition) is 2. The standard InChI is InChI=1S/C22H27N3O4/c1-5-11-29-19-10-8-17(13-20(19)28-6-2)14-23-25-22(27)21(26)24-18-9-7-15(3)16(4)12-18/h7-10,12-14H,5-6,11H2,1-4H3,(H,24,26)(H,25,27)/b23-14-. The van der Waals surface area contributed by atoms with E-state index in [-0.39, 0.29) is 0 Å². The molecule has 0 aliphatic rings. The first-order chi connectivity index (χ1) is 13.9. The van der Waals surface area contributed by atoms with E-state index < -0.39 is 11.8 Å². The predicted molar refractivity (Wildman–Crippen MR) is 114 cm³/mol. The molecule has 0 bridgehead atoms. The van der Waals surface area contributed by atoms with Gasteiger partial charge in [-0.3, -0.25) is 9.59 Å². The van der Waals surface area contributed by atoms with Gasteiger partial charge in [0, 0.05) is 5.69 Å². The van der Waals surface area contributed by atoms with Crippen molar-refractivity contribution >= 4 is 23.7 Å². The van der Waals surface area contributed by atoms with E-state index in [2.05, 4.69) is 15.8 Å². The first-order valence-corrected chi connectivity index (χ1v) is 9.55. The van der Waals surface area contributed by atoms with E-state index in [9.17, 15) is 9.59 Å². The summed E-state index contributed by atoms with van der Waals surface area (Å²) >= 11 is 0. The number of rotatable bonds is 8. The quantitative estimate of drug-likeness (QED) is 0.405. The summed E-state index contributed by atoms with van der Waals surface area (Å²) in [6, 6.07) is 10.8. The molecule has 2 aromatic carbocycles. The second-order valence-electron chi connectivity index (χ2n) is 6.44. The summed E-state index contributed by atoms with van der Waals surface area (Å²) < 4.78 is 11.2. The molecule has 2 N–H and O–H groups in total. The van der Waals surface area contributed by atoms with Gasteiger partial charge in [-0.2, -0.15) is 5.10 Å². The highest BCUT2D eigenvalue weighted by atomic mass is 16.5. The van der Waals surface area contributed by atoms with Crippen LogP contribution in [0.5, 0.6) is 11.5 Å². The Bertz CT molecular complexity index is 894. The highest BCUT2D eigenvalue weighted by Gasteiger charge is 2.13. The summed E-state index contributed by atoms with van der Waals surface area (Å²) in [5.41, 5.74) is 5.61. The van der Waals surface area contributed by atoms with E-state index in [1.54, 1.807) is 30.3 Å². The van der Waals surface area contributed by atoms with Crippen molar-refractivity contribution in [2.45, 2.75) is 34.1 Å². The molecule has 2 amide bonds. The van der Waals surface area contributed by atoms with Gasteiger partial charge in [0.05, 0.1) is 19.4 Å². The number of nitrogens with zero attached hydrogens (tertiary/aromatic N) is 1. The third-order valence-corrected chi connectivity index (χ3v) is 4.08. The van der Waals surface area contributed by atoms with Gasteiger partial charge in [-0.25, -0.2) is 5.43 Å². The Balaban J connectivity index is 1.96. The number of amides is 2. The molecule has 0 unspecified atom stereocenters. The average molecular weight is 397 g/mol. The summed E-state index contributed by atoms with van der Waals surface area (Å²) in [5.74, 6) is -0.387. The van der Waals surface area contributed by atoms with Crippen LogP contribution in [-0.2, 0) is 9.59 Å². The van der Waals surface area contributed by atoms with Crippen LogP contribution in [0.4, 0.5) is 5.69 Å². The minimum absolute atomic E-state index is 0.498. The molecule has 7 nitrogen and oxygen atoms in total. The lowest BCUT2D eigenvalue weighted by molar-refractivity contribution is -0.136. The molecule has 0 atom stereocenters. The van der Waals surface area contributed by atoms with Crippen LogP contribution in [0.15, 0.2) is 41.5 Å². The van der Waals surface area contributed by atoms with Gasteiger partial charge in [0.15, 0.2) is 11.5 Å². The maximum atomic E-state index is 12.0. The Morgan fingerprint density at radius 2 is 1.76 bits per heavy atom. The van der Waals surface area contributed by atoms with Crippen molar-refractivity contribution in [2.24, 2.45) is 5.10 Å². The van der Waals surface area contributed by atoms with Gasteiger partial charge < -0.3 is 14.8 Å². The lowest BCUT2D eigenvalue weighted by atomic mass is 10.1. The fraction of sp³-hybridized carbons (Fsp3) is 0.318. The van der Waals surface area contributed by atoms with E-state index in [0.717, 1.165) is 17.5 Å². The van der Waals surface area contributed by atoms with E-state index >= 15 is 0 Å². The van der Waals surface area contributed by atoms with Crippen LogP contribution < -0.4 is 20.2 Å². The highest BCUT2D eigenvalue weighted by Crippen LogP contribution is 2.28. The summed E-state index contributed by atoms with van der Waals surface area (Å²) in [6.45, 7) is 8.92. The first kappa shape index (κ1) is 21.9. The molecular formula is C22H27N3O4. The topological polar surface area (TPSA) is 89.0 Å². The number of hydrogen-bond acceptors (Lipinski definition) is 5. The summed E-state index contributed by atoms with van der Waals surface area (Å²) in [6.07, 6.45) is 2.33. The zero-order chi connectivity index (χ0) is 21.2. The van der Waals surface area contributed by atoms with Gasteiger partial charge in [0.2, 0.25) is 0 Å². The molecule has 2 rings (SSSR count). The van der Waals surface area contributed by atoms with Crippen LogP contribution in [0.2, 0.25) is 0 Å². The minimum Gasteiger partial charge on any atom is -0.490 e. The molecule has 0 fully saturated rings. The summed E-state index contributed by atoms with van der Waals surface area (Å²) in [4.78, 5) is 24.0. The number of ether oxygens (including phenoxy) is 2. The second kappa shape index (κ2) is 10.8. The zero-order valence-corrected chi connectivity index (χ0v) is 17.2. The van der Waals surface area contributed by atoms with Gasteiger partial charge in [-0.15, -0.1) is 0 Å². The number of hydrazone groups is 1. The van der Waals surface area contributed by atoms with E-state index in [4.69, 9.17) is 9.47 Å². The van der Waals surface area contributed by atoms with Crippen LogP contribution in [0.3, 0.4) is 0 Å². The normalized spacial score (nSPS) is 10.6. The molecule has 2 aromatic rings. The third-order valence-electron chi connectivity index (χ3n) is 4.08. The molecule has 29 heavy (non-hydrogen) atoms. The molecule has 0 aliphatic heterocycles. The van der Waals surface area contributed by atoms with Gasteiger partial charge in [0.25, 0.3) is 0 Å². The summed E-state index contributed by atoms with van der Waals surface area (Å²) in [7, 11) is 0. The van der Waals surface area contributed by atoms with Crippen molar-refractivity contribution in [1.82, 2.24) is 5.43 Å².